The van der Waals surface area contributed by atoms with Gasteiger partial charge in [0.1, 0.15) is 10.6 Å². The van der Waals surface area contributed by atoms with E-state index in [9.17, 15) is 8.42 Å². The molecule has 0 saturated heterocycles. The molecule has 21 heavy (non-hydrogen) atoms. The van der Waals surface area contributed by atoms with Crippen molar-refractivity contribution in [2.75, 3.05) is 11.3 Å². The number of ether oxygens (including phenoxy) is 1. The summed E-state index contributed by atoms with van der Waals surface area (Å²) in [5, 5.41) is 6.53. The number of rotatable bonds is 6. The molecule has 2 aromatic rings. The molecule has 1 aromatic heterocycles. The van der Waals surface area contributed by atoms with Gasteiger partial charge >= 0.3 is 0 Å². The number of aryl methyl sites for hydroxylation is 1. The fraction of sp³-hybridized carbons (Fsp3) is 0.308. The molecule has 0 radical (unpaired) electrons. The molecule has 7 nitrogen and oxygen atoms in total. The number of aromatic nitrogens is 2. The summed E-state index contributed by atoms with van der Waals surface area (Å²) in [7, 11) is -3.73. The van der Waals surface area contributed by atoms with Gasteiger partial charge in [0.25, 0.3) is 10.0 Å². The van der Waals surface area contributed by atoms with E-state index in [0.717, 1.165) is 0 Å². The number of aromatic amines is 1. The molecular weight excluding hydrogens is 292 g/mol. The highest BCUT2D eigenvalue weighted by Crippen LogP contribution is 2.22. The Labute approximate surface area is 123 Å². The van der Waals surface area contributed by atoms with Crippen molar-refractivity contribution in [3.63, 3.8) is 0 Å². The van der Waals surface area contributed by atoms with Crippen molar-refractivity contribution in [1.82, 2.24) is 10.2 Å². The summed E-state index contributed by atoms with van der Waals surface area (Å²) >= 11 is 0. The van der Waals surface area contributed by atoms with E-state index in [2.05, 4.69) is 14.9 Å². The lowest BCUT2D eigenvalue weighted by Gasteiger charge is -2.09. The maximum Gasteiger partial charge on any atom is 0.265 e. The van der Waals surface area contributed by atoms with Crippen LogP contribution in [0.5, 0.6) is 5.75 Å². The number of hydrogen-bond acceptors (Lipinski definition) is 5. The Hall–Kier alpha value is -2.06. The Balaban J connectivity index is 2.26. The smallest absolute Gasteiger partial charge is 0.265 e. The minimum Gasteiger partial charge on any atom is -0.494 e. The number of nitrogens with one attached hydrogen (secondary N) is 2. The maximum atomic E-state index is 12.4. The second-order valence-electron chi connectivity index (χ2n) is 4.39. The normalized spacial score (nSPS) is 11.4. The highest BCUT2D eigenvalue weighted by atomic mass is 32.2. The SMILES string of the molecule is CCOc1ccc(NS(=O)(=O)c2c(CN)n[nH]c2C)cc1. The number of nitrogens with zero attached hydrogens (tertiary/aromatic N) is 1. The highest BCUT2D eigenvalue weighted by Gasteiger charge is 2.23. The quantitative estimate of drug-likeness (QED) is 0.746. The molecule has 0 aliphatic rings. The molecule has 0 amide bonds. The minimum absolute atomic E-state index is 0.0455. The van der Waals surface area contributed by atoms with E-state index >= 15 is 0 Å². The summed E-state index contributed by atoms with van der Waals surface area (Å²) < 4.78 is 32.6. The van der Waals surface area contributed by atoms with Crippen LogP contribution in [0.15, 0.2) is 29.2 Å². The van der Waals surface area contributed by atoms with Gasteiger partial charge in [0.2, 0.25) is 0 Å². The van der Waals surface area contributed by atoms with Crippen LogP contribution in [0.2, 0.25) is 0 Å². The standard InChI is InChI=1S/C13H18N4O3S/c1-3-20-11-6-4-10(5-7-11)17-21(18,19)13-9(2)15-16-12(13)8-14/h4-7,17H,3,8,14H2,1-2H3,(H,15,16). The molecule has 8 heteroatoms. The van der Waals surface area contributed by atoms with Crippen LogP contribution in [0, 0.1) is 6.92 Å². The first-order valence-corrected chi connectivity index (χ1v) is 7.96. The second-order valence-corrected chi connectivity index (χ2v) is 6.01. The van der Waals surface area contributed by atoms with Crippen molar-refractivity contribution in [1.29, 1.82) is 0 Å². The van der Waals surface area contributed by atoms with Crippen molar-refractivity contribution in [2.24, 2.45) is 5.73 Å². The summed E-state index contributed by atoms with van der Waals surface area (Å²) in [5.74, 6) is 0.683. The van der Waals surface area contributed by atoms with Gasteiger partial charge in [0.15, 0.2) is 0 Å². The molecule has 1 heterocycles. The lowest BCUT2D eigenvalue weighted by molar-refractivity contribution is 0.340. The molecule has 0 aliphatic heterocycles. The van der Waals surface area contributed by atoms with Crippen LogP contribution in [0.3, 0.4) is 0 Å². The first-order valence-electron chi connectivity index (χ1n) is 6.47. The Morgan fingerprint density at radius 2 is 2.00 bits per heavy atom. The molecule has 0 atom stereocenters. The zero-order valence-electron chi connectivity index (χ0n) is 11.9. The average Bonchev–Trinajstić information content (AvgIpc) is 2.83. The van der Waals surface area contributed by atoms with Crippen LogP contribution in [0.1, 0.15) is 18.3 Å². The van der Waals surface area contributed by atoms with E-state index in [1.165, 1.54) is 0 Å². The van der Waals surface area contributed by atoms with Crippen molar-refractivity contribution in [2.45, 2.75) is 25.3 Å². The Kier molecular flexibility index (Phi) is 4.49. The van der Waals surface area contributed by atoms with Crippen molar-refractivity contribution in [3.05, 3.63) is 35.7 Å². The van der Waals surface area contributed by atoms with E-state index in [-0.39, 0.29) is 11.4 Å². The zero-order chi connectivity index (χ0) is 15.5. The summed E-state index contributed by atoms with van der Waals surface area (Å²) in [6.45, 7) is 4.12. The summed E-state index contributed by atoms with van der Waals surface area (Å²) in [5.41, 5.74) is 6.73. The third-order valence-corrected chi connectivity index (χ3v) is 4.42. The van der Waals surface area contributed by atoms with Crippen molar-refractivity contribution >= 4 is 15.7 Å². The van der Waals surface area contributed by atoms with Crippen LogP contribution in [-0.4, -0.2) is 25.2 Å². The van der Waals surface area contributed by atoms with Gasteiger partial charge in [-0.15, -0.1) is 0 Å². The number of hydrogen-bond donors (Lipinski definition) is 3. The van der Waals surface area contributed by atoms with Gasteiger partial charge in [-0.05, 0) is 38.1 Å². The molecule has 0 saturated carbocycles. The predicted octanol–water partition coefficient (Wildman–Crippen LogP) is 1.38. The summed E-state index contributed by atoms with van der Waals surface area (Å²) in [4.78, 5) is 0.0962. The van der Waals surface area contributed by atoms with Crippen LogP contribution >= 0.6 is 0 Å². The molecule has 0 unspecified atom stereocenters. The number of sulfonamides is 1. The van der Waals surface area contributed by atoms with Crippen molar-refractivity contribution in [3.8, 4) is 5.75 Å². The molecule has 1 aromatic carbocycles. The molecule has 2 rings (SSSR count). The fourth-order valence-corrected chi connectivity index (χ4v) is 3.39. The number of nitrogens with two attached hydrogens (primary N) is 1. The monoisotopic (exact) mass is 310 g/mol. The molecule has 0 spiro atoms. The molecule has 4 N–H and O–H groups in total. The van der Waals surface area contributed by atoms with Gasteiger partial charge < -0.3 is 10.5 Å². The third-order valence-electron chi connectivity index (χ3n) is 2.84. The molecule has 0 fully saturated rings. The fourth-order valence-electron chi connectivity index (χ4n) is 1.96. The molecule has 114 valence electrons. The number of benzene rings is 1. The Bertz CT molecular complexity index is 708. The van der Waals surface area contributed by atoms with Gasteiger partial charge in [0.05, 0.1) is 18.0 Å². The van der Waals surface area contributed by atoms with Gasteiger partial charge in [-0.25, -0.2) is 8.42 Å². The molecule has 0 aliphatic carbocycles. The van der Waals surface area contributed by atoms with Crippen LogP contribution < -0.4 is 15.2 Å². The van der Waals surface area contributed by atoms with Crippen LogP contribution in [0.4, 0.5) is 5.69 Å². The van der Waals surface area contributed by atoms with Crippen LogP contribution in [0.25, 0.3) is 0 Å². The number of H-pyrrole nitrogens is 1. The Morgan fingerprint density at radius 3 is 2.57 bits per heavy atom. The maximum absolute atomic E-state index is 12.4. The van der Waals surface area contributed by atoms with Crippen molar-refractivity contribution < 1.29 is 13.2 Å². The van der Waals surface area contributed by atoms with Gasteiger partial charge in [-0.1, -0.05) is 0 Å². The minimum atomic E-state index is -3.73. The van der Waals surface area contributed by atoms with Gasteiger partial charge in [-0.3, -0.25) is 9.82 Å². The van der Waals surface area contributed by atoms with E-state index in [1.54, 1.807) is 31.2 Å². The third kappa shape index (κ3) is 3.34. The topological polar surface area (TPSA) is 110 Å². The molecular formula is C13H18N4O3S. The highest BCUT2D eigenvalue weighted by molar-refractivity contribution is 7.92. The van der Waals surface area contributed by atoms with E-state index in [4.69, 9.17) is 10.5 Å². The predicted molar refractivity (Wildman–Crippen MR) is 79.6 cm³/mol. The number of anilines is 1. The van der Waals surface area contributed by atoms with E-state index < -0.39 is 10.0 Å². The van der Waals surface area contributed by atoms with E-state index in [1.807, 2.05) is 6.92 Å². The zero-order valence-corrected chi connectivity index (χ0v) is 12.7. The largest absolute Gasteiger partial charge is 0.494 e. The van der Waals surface area contributed by atoms with Gasteiger partial charge in [0, 0.05) is 12.2 Å². The van der Waals surface area contributed by atoms with E-state index in [0.29, 0.717) is 29.4 Å². The first kappa shape index (κ1) is 15.3. The summed E-state index contributed by atoms with van der Waals surface area (Å²) in [6, 6.07) is 6.68. The molecule has 0 bridgehead atoms. The lowest BCUT2D eigenvalue weighted by atomic mass is 10.3. The second kappa shape index (κ2) is 6.15. The van der Waals surface area contributed by atoms with Crippen LogP contribution in [-0.2, 0) is 16.6 Å². The average molecular weight is 310 g/mol. The lowest BCUT2D eigenvalue weighted by Crippen LogP contribution is -2.16. The van der Waals surface area contributed by atoms with Gasteiger partial charge in [-0.2, -0.15) is 5.10 Å². The summed E-state index contributed by atoms with van der Waals surface area (Å²) in [6.07, 6.45) is 0. The first-order chi connectivity index (χ1) is 9.97. The Morgan fingerprint density at radius 1 is 1.33 bits per heavy atom.